The Balaban J connectivity index is 0.948. The molecule has 303 valence electrons. The second-order valence-corrected chi connectivity index (χ2v) is 23.0. The number of benzene rings is 6. The Morgan fingerprint density at radius 2 is 1.29 bits per heavy atom. The second-order valence-electron chi connectivity index (χ2n) is 23.0. The summed E-state index contributed by atoms with van der Waals surface area (Å²) in [5, 5.41) is 5.27. The van der Waals surface area contributed by atoms with Crippen LogP contribution < -0.4 is 10.9 Å². The molecule has 0 saturated heterocycles. The molecule has 0 bridgehead atoms. The van der Waals surface area contributed by atoms with E-state index >= 15 is 0 Å². The van der Waals surface area contributed by atoms with Crippen LogP contribution in [0, 0.1) is 67.1 Å². The van der Waals surface area contributed by atoms with Crippen molar-refractivity contribution in [3.63, 3.8) is 0 Å². The Hall–Kier alpha value is -5.48. The maximum absolute atomic E-state index is 6.78. The predicted octanol–water partition coefficient (Wildman–Crippen LogP) is 12.8. The van der Waals surface area contributed by atoms with E-state index in [0.717, 1.165) is 46.7 Å². The highest BCUT2D eigenvalue weighted by atomic mass is 16.3. The number of aromatic amines is 1. The summed E-state index contributed by atoms with van der Waals surface area (Å²) in [4.78, 5) is 4.18. The molecule has 1 radical (unpaired) electrons. The van der Waals surface area contributed by atoms with Crippen molar-refractivity contribution in [2.45, 2.75) is 83.0 Å². The Morgan fingerprint density at radius 3 is 2.00 bits per heavy atom. The molecule has 8 aliphatic carbocycles. The third-order valence-electron chi connectivity index (χ3n) is 21.5. The van der Waals surface area contributed by atoms with E-state index in [2.05, 4.69) is 135 Å². The fourth-order valence-electron chi connectivity index (χ4n) is 19.7. The van der Waals surface area contributed by atoms with Gasteiger partial charge in [0.05, 0.1) is 11.0 Å². The Labute approximate surface area is 367 Å². The van der Waals surface area contributed by atoms with Crippen molar-refractivity contribution in [3.05, 3.63) is 125 Å². The first-order chi connectivity index (χ1) is 30.8. The second kappa shape index (κ2) is 9.92. The van der Waals surface area contributed by atoms with Crippen LogP contribution in [0.2, 0.25) is 0 Å². The van der Waals surface area contributed by atoms with Crippen molar-refractivity contribution in [2.75, 3.05) is 0 Å². The Morgan fingerprint density at radius 1 is 0.603 bits per heavy atom. The first-order valence-corrected chi connectivity index (χ1v) is 24.5. The van der Waals surface area contributed by atoms with Crippen molar-refractivity contribution >= 4 is 73.0 Å². The molecule has 3 aromatic heterocycles. The van der Waals surface area contributed by atoms with E-state index in [-0.39, 0.29) is 0 Å². The zero-order chi connectivity index (χ0) is 40.8. The topological polar surface area (TPSA) is 33.9 Å². The van der Waals surface area contributed by atoms with Crippen LogP contribution in [0.25, 0.3) is 82.7 Å². The van der Waals surface area contributed by atoms with Gasteiger partial charge in [-0.25, -0.2) is 0 Å². The molecule has 6 aromatic carbocycles. The van der Waals surface area contributed by atoms with Crippen LogP contribution in [0.3, 0.4) is 0 Å². The number of nitrogens with zero attached hydrogens (tertiary/aromatic N) is 1. The summed E-state index contributed by atoms with van der Waals surface area (Å²) in [5.41, 5.74) is 25.5. The standard InChI is InChI=1S/C59H48BN2O/c1-28-13-29(2)50(30(3)14-28)31-15-43(51-48(16-31)62-53-41(8-6-9-46(53)60-51)55-54(62)40-7-4-5-10-49(40)63-55)45-23-33(57-26-38-19-35-20-39(27-57)59(35,38)57)22-44-42-21-32(11-12-47(42)61-52(44)45)56-24-36-17-34-18-37(25-56)58(34,36)56/h4-16,21-23,34-39,61H,17-20,24-27H2,1-3H3. The van der Waals surface area contributed by atoms with E-state index in [4.69, 9.17) is 4.42 Å². The number of hydrogen-bond donors (Lipinski definition) is 1. The lowest BCUT2D eigenvalue weighted by Crippen LogP contribution is -2.87. The van der Waals surface area contributed by atoms with Crippen LogP contribution in [-0.4, -0.2) is 16.8 Å². The highest BCUT2D eigenvalue weighted by Gasteiger charge is 2.88. The molecule has 4 atom stereocenters. The SMILES string of the molecule is Cc1cc(C)c(-c2cc(-c3cc(C45CC6CC7CC(C4)C765)cc4c3[nH]c3ccc(C56CC7CC8CC(C5)C876)cc34)c3c(c2)-n2c4c(cccc4c4oc5ccccc5c42)[B]3)c(C)c1. The summed E-state index contributed by atoms with van der Waals surface area (Å²) in [6, 6.07) is 38.5. The number of furan rings is 1. The lowest BCUT2D eigenvalue weighted by atomic mass is 9.12. The maximum Gasteiger partial charge on any atom is 0.197 e. The lowest BCUT2D eigenvalue weighted by molar-refractivity contribution is -0.395. The van der Waals surface area contributed by atoms with Crippen LogP contribution in [0.1, 0.15) is 79.2 Å². The van der Waals surface area contributed by atoms with Crippen LogP contribution in [0.4, 0.5) is 0 Å². The minimum Gasteiger partial charge on any atom is -0.454 e. The van der Waals surface area contributed by atoms with E-state index in [9.17, 15) is 0 Å². The van der Waals surface area contributed by atoms with E-state index in [1.54, 1.807) is 11.1 Å². The number of aryl methyl sites for hydroxylation is 3. The monoisotopic (exact) mass is 811 g/mol. The lowest BCUT2D eigenvalue weighted by Gasteiger charge is -2.91. The third kappa shape index (κ3) is 3.16. The summed E-state index contributed by atoms with van der Waals surface area (Å²) < 4.78 is 9.36. The first-order valence-electron chi connectivity index (χ1n) is 24.5. The number of nitrogens with one attached hydrogen (secondary N) is 1. The van der Waals surface area contributed by atoms with Crippen molar-refractivity contribution in [2.24, 2.45) is 46.3 Å². The van der Waals surface area contributed by atoms with Gasteiger partial charge in [0, 0.05) is 49.1 Å². The summed E-state index contributed by atoms with van der Waals surface area (Å²) in [7, 11) is 2.52. The van der Waals surface area contributed by atoms with Gasteiger partial charge < -0.3 is 14.0 Å². The highest BCUT2D eigenvalue weighted by molar-refractivity contribution is 6.73. The maximum atomic E-state index is 6.78. The molecule has 18 rings (SSSR count). The average Bonchev–Trinajstić information content (AvgIpc) is 3.88. The van der Waals surface area contributed by atoms with Gasteiger partial charge in [0.25, 0.3) is 0 Å². The minimum absolute atomic E-state index is 0.339. The van der Waals surface area contributed by atoms with Gasteiger partial charge in [-0.15, -0.1) is 0 Å². The number of fused-ring (bicyclic) bond motifs is 10. The van der Waals surface area contributed by atoms with Crippen molar-refractivity contribution in [1.82, 2.24) is 9.55 Å². The van der Waals surface area contributed by atoms with E-state index in [1.807, 2.05) is 0 Å². The molecule has 1 N–H and O–H groups in total. The van der Waals surface area contributed by atoms with Gasteiger partial charge in [0.15, 0.2) is 12.9 Å². The number of rotatable bonds is 4. The summed E-state index contributed by atoms with van der Waals surface area (Å²) in [6.07, 6.45) is 11.6. The van der Waals surface area contributed by atoms with Gasteiger partial charge in [0.2, 0.25) is 0 Å². The highest BCUT2D eigenvalue weighted by Crippen LogP contribution is 2.93. The molecule has 8 fully saturated rings. The average molecular weight is 812 g/mol. The zero-order valence-corrected chi connectivity index (χ0v) is 36.3. The van der Waals surface area contributed by atoms with Gasteiger partial charge in [-0.2, -0.15) is 0 Å². The fourth-order valence-corrected chi connectivity index (χ4v) is 19.7. The summed E-state index contributed by atoms with van der Waals surface area (Å²) >= 11 is 0. The molecule has 4 unspecified atom stereocenters. The van der Waals surface area contributed by atoms with Crippen LogP contribution >= 0.6 is 0 Å². The van der Waals surface area contributed by atoms with Crippen molar-refractivity contribution < 1.29 is 4.42 Å². The van der Waals surface area contributed by atoms with Crippen molar-refractivity contribution in [1.29, 1.82) is 0 Å². The Kier molecular flexibility index (Phi) is 5.21. The smallest absolute Gasteiger partial charge is 0.197 e. The molecule has 63 heavy (non-hydrogen) atoms. The number of H-pyrrole nitrogens is 1. The molecule has 2 spiro atoms. The van der Waals surface area contributed by atoms with Crippen LogP contribution in [0.15, 0.2) is 101 Å². The minimum atomic E-state index is 0.339. The van der Waals surface area contributed by atoms with Crippen LogP contribution in [-0.2, 0) is 10.8 Å². The molecule has 9 aromatic rings. The van der Waals surface area contributed by atoms with Crippen molar-refractivity contribution in [3.8, 4) is 27.9 Å². The molecule has 4 heteroatoms. The van der Waals surface area contributed by atoms with Gasteiger partial charge in [-0.3, -0.25) is 0 Å². The largest absolute Gasteiger partial charge is 0.454 e. The van der Waals surface area contributed by atoms with Gasteiger partial charge in [-0.05, 0) is 217 Å². The predicted molar refractivity (Wildman–Crippen MR) is 256 cm³/mol. The molecule has 1 aliphatic heterocycles. The molecule has 8 saturated carbocycles. The zero-order valence-electron chi connectivity index (χ0n) is 36.3. The van der Waals surface area contributed by atoms with Crippen LogP contribution in [0.5, 0.6) is 0 Å². The fraction of sp³-hybridized carbons (Fsp3) is 0.356. The quantitative estimate of drug-likeness (QED) is 0.177. The normalized spacial score (nSPS) is 34.8. The number of aromatic nitrogens is 2. The Bertz CT molecular complexity index is 3670. The number of para-hydroxylation sites is 2. The molecule has 9 aliphatic rings. The van der Waals surface area contributed by atoms with Gasteiger partial charge >= 0.3 is 0 Å². The van der Waals surface area contributed by atoms with E-state index in [0.29, 0.717) is 21.7 Å². The number of hydrogen-bond acceptors (Lipinski definition) is 1. The summed E-state index contributed by atoms with van der Waals surface area (Å²) in [5.74, 6) is 5.87. The molecule has 4 heterocycles. The third-order valence-corrected chi connectivity index (χ3v) is 21.5. The molecule has 3 nitrogen and oxygen atoms in total. The van der Waals surface area contributed by atoms with E-state index in [1.165, 1.54) is 151 Å². The van der Waals surface area contributed by atoms with Gasteiger partial charge in [-0.1, -0.05) is 53.5 Å². The molecular weight excluding hydrogens is 763 g/mol. The van der Waals surface area contributed by atoms with E-state index < -0.39 is 0 Å². The molecule has 0 amide bonds. The molecular formula is C59H48BN2O. The van der Waals surface area contributed by atoms with Gasteiger partial charge in [0.1, 0.15) is 11.1 Å². The first kappa shape index (κ1) is 33.1. The summed E-state index contributed by atoms with van der Waals surface area (Å²) in [6.45, 7) is 6.87.